The van der Waals surface area contributed by atoms with E-state index in [0.717, 1.165) is 6.42 Å². The molecular formula is C16H17N3O3S. The van der Waals surface area contributed by atoms with Crippen LogP contribution in [0, 0.1) is 10.1 Å². The monoisotopic (exact) mass is 331 g/mol. The molecule has 6 nitrogen and oxygen atoms in total. The van der Waals surface area contributed by atoms with Crippen molar-refractivity contribution in [3.05, 3.63) is 55.8 Å². The molecule has 23 heavy (non-hydrogen) atoms. The third-order valence-electron chi connectivity index (χ3n) is 4.00. The topological polar surface area (TPSA) is 66.7 Å². The van der Waals surface area contributed by atoms with E-state index in [0.29, 0.717) is 24.3 Å². The lowest BCUT2D eigenvalue weighted by Gasteiger charge is -2.27. The van der Waals surface area contributed by atoms with Gasteiger partial charge in [-0.3, -0.25) is 14.9 Å². The average Bonchev–Trinajstić information content (AvgIpc) is 3.00. The molecule has 2 aromatic rings. The number of carbonyl (C=O) groups is 1. The van der Waals surface area contributed by atoms with Crippen molar-refractivity contribution >= 4 is 28.6 Å². The first-order valence-corrected chi connectivity index (χ1v) is 8.15. The molecule has 0 unspecified atom stereocenters. The lowest BCUT2D eigenvalue weighted by Crippen LogP contribution is -2.35. The van der Waals surface area contributed by atoms with E-state index in [2.05, 4.69) is 0 Å². The number of nitrogens with zero attached hydrogens (tertiary/aromatic N) is 3. The highest BCUT2D eigenvalue weighted by atomic mass is 32.1. The Balaban J connectivity index is 1.88. The normalized spacial score (nSPS) is 13.6. The van der Waals surface area contributed by atoms with Crippen molar-refractivity contribution < 1.29 is 9.72 Å². The third-order valence-corrected chi connectivity index (χ3v) is 5.02. The first-order chi connectivity index (χ1) is 11.0. The van der Waals surface area contributed by atoms with Crippen molar-refractivity contribution in [1.82, 2.24) is 4.90 Å². The van der Waals surface area contributed by atoms with E-state index in [1.165, 1.54) is 16.5 Å². The van der Waals surface area contributed by atoms with E-state index in [4.69, 9.17) is 0 Å². The fourth-order valence-electron chi connectivity index (χ4n) is 2.79. The molecule has 1 aromatic carbocycles. The molecule has 0 saturated carbocycles. The Kier molecular flexibility index (Phi) is 4.04. The van der Waals surface area contributed by atoms with Gasteiger partial charge in [-0.15, -0.1) is 11.3 Å². The molecule has 3 rings (SSSR count). The van der Waals surface area contributed by atoms with Crippen LogP contribution in [0.1, 0.15) is 20.8 Å². The number of carbonyl (C=O) groups excluding carboxylic acids is 1. The van der Waals surface area contributed by atoms with E-state index in [-0.39, 0.29) is 11.6 Å². The van der Waals surface area contributed by atoms with Crippen LogP contribution in [0.25, 0.3) is 0 Å². The second kappa shape index (κ2) is 6.00. The van der Waals surface area contributed by atoms with Crippen LogP contribution in [0.4, 0.5) is 11.4 Å². The summed E-state index contributed by atoms with van der Waals surface area (Å²) >= 11 is 1.71. The maximum absolute atomic E-state index is 12.7. The minimum absolute atomic E-state index is 0.0471. The van der Waals surface area contributed by atoms with Gasteiger partial charge in [-0.2, -0.15) is 0 Å². The Morgan fingerprint density at radius 1 is 1.35 bits per heavy atom. The smallest absolute Gasteiger partial charge is 0.293 e. The predicted octanol–water partition coefficient (Wildman–Crippen LogP) is 2.92. The molecule has 0 atom stereocenters. The zero-order valence-electron chi connectivity index (χ0n) is 13.0. The second-order valence-corrected chi connectivity index (χ2v) is 6.70. The SMILES string of the molecule is CN(C)c1ccc(C(=O)N2CCc3sccc3C2)cc1[N+](=O)[O-]. The molecule has 120 valence electrons. The molecule has 7 heteroatoms. The van der Waals surface area contributed by atoms with Crippen molar-refractivity contribution in [3.8, 4) is 0 Å². The van der Waals surface area contributed by atoms with Gasteiger partial charge in [0.15, 0.2) is 0 Å². The number of thiophene rings is 1. The quantitative estimate of drug-likeness (QED) is 0.641. The Hall–Kier alpha value is -2.41. The van der Waals surface area contributed by atoms with Gasteiger partial charge >= 0.3 is 0 Å². The lowest BCUT2D eigenvalue weighted by atomic mass is 10.1. The van der Waals surface area contributed by atoms with Crippen LogP contribution in [-0.2, 0) is 13.0 Å². The van der Waals surface area contributed by atoms with Crippen LogP contribution in [0.5, 0.6) is 0 Å². The number of fused-ring (bicyclic) bond motifs is 1. The standard InChI is InChI=1S/C16H17N3O3S/c1-17(2)13-4-3-11(9-14(13)19(21)22)16(20)18-7-5-15-12(10-18)6-8-23-15/h3-4,6,8-9H,5,7,10H2,1-2H3. The summed E-state index contributed by atoms with van der Waals surface area (Å²) in [6.45, 7) is 1.22. The number of nitro groups is 1. The van der Waals surface area contributed by atoms with Gasteiger partial charge < -0.3 is 9.80 Å². The summed E-state index contributed by atoms with van der Waals surface area (Å²) in [5, 5.41) is 13.3. The molecular weight excluding hydrogens is 314 g/mol. The minimum atomic E-state index is -0.445. The fraction of sp³-hybridized carbons (Fsp3) is 0.312. The molecule has 1 aliphatic heterocycles. The number of hydrogen-bond acceptors (Lipinski definition) is 5. The van der Waals surface area contributed by atoms with E-state index in [1.54, 1.807) is 47.4 Å². The van der Waals surface area contributed by atoms with Crippen molar-refractivity contribution in [2.75, 3.05) is 25.5 Å². The van der Waals surface area contributed by atoms with Crippen LogP contribution in [0.15, 0.2) is 29.6 Å². The molecule has 0 N–H and O–H groups in total. The molecule has 0 bridgehead atoms. The summed E-state index contributed by atoms with van der Waals surface area (Å²) in [7, 11) is 3.49. The highest BCUT2D eigenvalue weighted by Crippen LogP contribution is 2.30. The van der Waals surface area contributed by atoms with Crippen LogP contribution in [-0.4, -0.2) is 36.4 Å². The highest BCUT2D eigenvalue weighted by Gasteiger charge is 2.25. The average molecular weight is 331 g/mol. The Labute approximate surface area is 138 Å². The first-order valence-electron chi connectivity index (χ1n) is 7.27. The summed E-state index contributed by atoms with van der Waals surface area (Å²) in [5.74, 6) is -0.157. The van der Waals surface area contributed by atoms with Crippen molar-refractivity contribution in [1.29, 1.82) is 0 Å². The fourth-order valence-corrected chi connectivity index (χ4v) is 3.67. The Bertz CT molecular complexity index is 770. The molecule has 0 radical (unpaired) electrons. The molecule has 0 fully saturated rings. The van der Waals surface area contributed by atoms with Crippen molar-refractivity contribution in [3.63, 3.8) is 0 Å². The van der Waals surface area contributed by atoms with E-state index in [1.807, 2.05) is 11.4 Å². The number of rotatable bonds is 3. The van der Waals surface area contributed by atoms with Crippen LogP contribution >= 0.6 is 11.3 Å². The van der Waals surface area contributed by atoms with Crippen LogP contribution in [0.3, 0.4) is 0 Å². The van der Waals surface area contributed by atoms with Crippen LogP contribution in [0.2, 0.25) is 0 Å². The summed E-state index contributed by atoms with van der Waals surface area (Å²) in [6.07, 6.45) is 0.844. The molecule has 1 aromatic heterocycles. The van der Waals surface area contributed by atoms with E-state index in [9.17, 15) is 14.9 Å². The van der Waals surface area contributed by atoms with Gasteiger partial charge in [0.05, 0.1) is 4.92 Å². The van der Waals surface area contributed by atoms with Gasteiger partial charge in [0.1, 0.15) is 5.69 Å². The zero-order chi connectivity index (χ0) is 16.6. The maximum Gasteiger partial charge on any atom is 0.293 e. The predicted molar refractivity (Wildman–Crippen MR) is 90.2 cm³/mol. The Morgan fingerprint density at radius 2 is 2.13 bits per heavy atom. The summed E-state index contributed by atoms with van der Waals surface area (Å²) in [5.41, 5.74) is 1.98. The number of hydrogen-bond donors (Lipinski definition) is 0. The number of anilines is 1. The summed E-state index contributed by atoms with van der Waals surface area (Å²) in [6, 6.07) is 6.71. The van der Waals surface area contributed by atoms with Gasteiger partial charge in [0, 0.05) is 43.7 Å². The largest absolute Gasteiger partial charge is 0.372 e. The molecule has 2 heterocycles. The van der Waals surface area contributed by atoms with Crippen molar-refractivity contribution in [2.24, 2.45) is 0 Å². The number of nitro benzene ring substituents is 1. The molecule has 0 saturated heterocycles. The second-order valence-electron chi connectivity index (χ2n) is 5.70. The van der Waals surface area contributed by atoms with Gasteiger partial charge in [-0.25, -0.2) is 0 Å². The molecule has 0 aliphatic carbocycles. The van der Waals surface area contributed by atoms with Crippen LogP contribution < -0.4 is 4.90 Å². The molecule has 1 amide bonds. The minimum Gasteiger partial charge on any atom is -0.372 e. The highest BCUT2D eigenvalue weighted by molar-refractivity contribution is 7.10. The van der Waals surface area contributed by atoms with E-state index >= 15 is 0 Å². The maximum atomic E-state index is 12.7. The zero-order valence-corrected chi connectivity index (χ0v) is 13.8. The summed E-state index contributed by atoms with van der Waals surface area (Å²) < 4.78 is 0. The third kappa shape index (κ3) is 2.92. The van der Waals surface area contributed by atoms with E-state index < -0.39 is 4.92 Å². The van der Waals surface area contributed by atoms with Gasteiger partial charge in [0.25, 0.3) is 11.6 Å². The molecule has 0 spiro atoms. The number of benzene rings is 1. The molecule has 1 aliphatic rings. The lowest BCUT2D eigenvalue weighted by molar-refractivity contribution is -0.384. The first kappa shape index (κ1) is 15.5. The number of amides is 1. The van der Waals surface area contributed by atoms with Gasteiger partial charge in [-0.1, -0.05) is 0 Å². The Morgan fingerprint density at radius 3 is 2.83 bits per heavy atom. The van der Waals surface area contributed by atoms with Gasteiger partial charge in [-0.05, 0) is 35.6 Å². The van der Waals surface area contributed by atoms with Crippen molar-refractivity contribution in [2.45, 2.75) is 13.0 Å². The van der Waals surface area contributed by atoms with Gasteiger partial charge in [0.2, 0.25) is 0 Å². The summed E-state index contributed by atoms with van der Waals surface area (Å²) in [4.78, 5) is 28.2.